The van der Waals surface area contributed by atoms with Gasteiger partial charge in [0.25, 0.3) is 11.7 Å². The topological polar surface area (TPSA) is 223 Å². The Bertz CT molecular complexity index is 997. The first-order valence-electron chi connectivity index (χ1n) is 9.34. The summed E-state index contributed by atoms with van der Waals surface area (Å²) in [6.07, 6.45) is 0.0254. The van der Waals surface area contributed by atoms with E-state index in [9.17, 15) is 35.4 Å². The molecule has 0 amide bonds. The molecular weight excluding hydrogens is 430 g/mol. The zero-order chi connectivity index (χ0) is 24.8. The van der Waals surface area contributed by atoms with Crippen molar-refractivity contribution in [1.29, 1.82) is 0 Å². The van der Waals surface area contributed by atoms with Crippen LogP contribution < -0.4 is 10.5 Å². The highest BCUT2D eigenvalue weighted by atomic mass is 16.8. The Labute approximate surface area is 182 Å². The molecule has 12 nitrogen and oxygen atoms in total. The van der Waals surface area contributed by atoms with Crippen LogP contribution in [0.1, 0.15) is 25.8 Å². The van der Waals surface area contributed by atoms with Crippen molar-refractivity contribution in [2.45, 2.75) is 49.1 Å². The van der Waals surface area contributed by atoms with Gasteiger partial charge in [0.2, 0.25) is 0 Å². The lowest BCUT2D eigenvalue weighted by Gasteiger charge is -2.45. The van der Waals surface area contributed by atoms with Gasteiger partial charge in [0.15, 0.2) is 0 Å². The summed E-state index contributed by atoms with van der Waals surface area (Å²) in [5.74, 6) is -18.6. The highest BCUT2D eigenvalue weighted by Crippen LogP contribution is 2.37. The standard InChI is InChI=1S/C20H27NO11/c1-4-16(2,13-7-5-12-10-14(31-3)8-6-11(12)9-13)15(22)32-20(29,30)18(25,26)17(23,24)19(21,27)28/h5-10,23-30H,4,21H2,1-3H3/t16-/m1/s1. The summed E-state index contributed by atoms with van der Waals surface area (Å²) >= 11 is 0. The van der Waals surface area contributed by atoms with Crippen LogP contribution in [-0.4, -0.2) is 77.4 Å². The van der Waals surface area contributed by atoms with Crippen molar-refractivity contribution >= 4 is 16.7 Å². The van der Waals surface area contributed by atoms with Crippen LogP contribution in [0.3, 0.4) is 0 Å². The van der Waals surface area contributed by atoms with Crippen LogP contribution in [-0.2, 0) is 14.9 Å². The second-order valence-corrected chi connectivity index (χ2v) is 7.68. The third-order valence-corrected chi connectivity index (χ3v) is 5.53. The Hall–Kier alpha value is -2.39. The number of hydrogen-bond acceptors (Lipinski definition) is 12. The predicted octanol–water partition coefficient (Wildman–Crippen LogP) is -2.34. The average Bonchev–Trinajstić information content (AvgIpc) is 2.70. The van der Waals surface area contributed by atoms with E-state index in [0.29, 0.717) is 16.7 Å². The molecule has 32 heavy (non-hydrogen) atoms. The van der Waals surface area contributed by atoms with Gasteiger partial charge in [-0.25, -0.2) is 0 Å². The van der Waals surface area contributed by atoms with E-state index < -0.39 is 34.8 Å². The summed E-state index contributed by atoms with van der Waals surface area (Å²) in [6, 6.07) is 10.0. The van der Waals surface area contributed by atoms with Gasteiger partial charge in [-0.15, -0.1) is 0 Å². The molecule has 0 saturated heterocycles. The molecule has 178 valence electrons. The summed E-state index contributed by atoms with van der Waals surface area (Å²) in [7, 11) is 1.51. The highest BCUT2D eigenvalue weighted by molar-refractivity contribution is 5.88. The minimum Gasteiger partial charge on any atom is -0.497 e. The highest BCUT2D eigenvalue weighted by Gasteiger charge is 2.72. The molecule has 2 aromatic carbocycles. The second-order valence-electron chi connectivity index (χ2n) is 7.68. The van der Waals surface area contributed by atoms with Crippen molar-refractivity contribution in [2.24, 2.45) is 5.73 Å². The SMILES string of the molecule is CC[C@@](C)(C(=O)OC(O)(O)C(O)(O)C(O)(O)C(N)(O)O)c1ccc2cc(OC)ccc2c1. The van der Waals surface area contributed by atoms with Crippen molar-refractivity contribution in [3.8, 4) is 5.75 Å². The zero-order valence-corrected chi connectivity index (χ0v) is 17.6. The van der Waals surface area contributed by atoms with E-state index in [1.165, 1.54) is 14.0 Å². The molecule has 0 aliphatic heterocycles. The first-order valence-corrected chi connectivity index (χ1v) is 9.34. The largest absolute Gasteiger partial charge is 0.497 e. The molecule has 0 heterocycles. The third kappa shape index (κ3) is 4.15. The number of fused-ring (bicyclic) bond motifs is 1. The second kappa shape index (κ2) is 8.19. The number of aliphatic hydroxyl groups is 8. The number of carbonyl (C=O) groups excluding carboxylic acids is 1. The van der Waals surface area contributed by atoms with E-state index in [-0.39, 0.29) is 6.42 Å². The van der Waals surface area contributed by atoms with Gasteiger partial charge in [0, 0.05) is 0 Å². The molecule has 0 unspecified atom stereocenters. The molecule has 0 radical (unpaired) electrons. The molecule has 0 spiro atoms. The molecule has 1 atom stereocenters. The lowest BCUT2D eigenvalue weighted by molar-refractivity contribution is -0.541. The first-order chi connectivity index (χ1) is 14.4. The summed E-state index contributed by atoms with van der Waals surface area (Å²) in [5, 5.41) is 78.4. The van der Waals surface area contributed by atoms with Crippen LogP contribution in [0, 0.1) is 0 Å². The number of esters is 1. The molecule has 2 rings (SSSR count). The van der Waals surface area contributed by atoms with E-state index in [1.54, 1.807) is 43.3 Å². The summed E-state index contributed by atoms with van der Waals surface area (Å²) in [5.41, 5.74) is 3.38. The van der Waals surface area contributed by atoms with Crippen LogP contribution in [0.15, 0.2) is 36.4 Å². The number of ether oxygens (including phenoxy) is 2. The predicted molar refractivity (Wildman–Crippen MR) is 107 cm³/mol. The van der Waals surface area contributed by atoms with Gasteiger partial charge in [-0.2, -0.15) is 0 Å². The van der Waals surface area contributed by atoms with E-state index >= 15 is 0 Å². The summed E-state index contributed by atoms with van der Waals surface area (Å²) < 4.78 is 9.55. The van der Waals surface area contributed by atoms with Crippen molar-refractivity contribution < 1.29 is 55.1 Å². The Balaban J connectivity index is 2.44. The maximum absolute atomic E-state index is 12.9. The van der Waals surface area contributed by atoms with Crippen LogP contribution in [0.5, 0.6) is 5.75 Å². The van der Waals surface area contributed by atoms with Crippen LogP contribution >= 0.6 is 0 Å². The molecule has 2 aromatic rings. The van der Waals surface area contributed by atoms with Gasteiger partial charge >= 0.3 is 17.7 Å². The van der Waals surface area contributed by atoms with Crippen LogP contribution in [0.4, 0.5) is 0 Å². The molecule has 12 heteroatoms. The molecule has 0 bridgehead atoms. The number of methoxy groups -OCH3 is 1. The summed E-state index contributed by atoms with van der Waals surface area (Å²) in [6.45, 7) is 2.93. The Morgan fingerprint density at radius 3 is 1.94 bits per heavy atom. The molecule has 0 aliphatic rings. The molecule has 10 N–H and O–H groups in total. The fourth-order valence-corrected chi connectivity index (χ4v) is 2.96. The number of carbonyl (C=O) groups is 1. The molecule has 0 aromatic heterocycles. The quantitative estimate of drug-likeness (QED) is 0.150. The minimum absolute atomic E-state index is 0.0254. The Morgan fingerprint density at radius 2 is 1.44 bits per heavy atom. The molecule has 0 saturated carbocycles. The zero-order valence-electron chi connectivity index (χ0n) is 17.6. The van der Waals surface area contributed by atoms with Gasteiger partial charge in [0.05, 0.1) is 12.5 Å². The average molecular weight is 457 g/mol. The number of benzene rings is 2. The van der Waals surface area contributed by atoms with Gasteiger partial charge in [-0.1, -0.05) is 31.2 Å². The monoisotopic (exact) mass is 457 g/mol. The summed E-state index contributed by atoms with van der Waals surface area (Å²) in [4.78, 5) is 12.9. The van der Waals surface area contributed by atoms with Crippen molar-refractivity contribution in [1.82, 2.24) is 0 Å². The smallest absolute Gasteiger partial charge is 0.387 e. The van der Waals surface area contributed by atoms with E-state index in [1.807, 2.05) is 0 Å². The normalized spacial score (nSPS) is 15.4. The van der Waals surface area contributed by atoms with Crippen molar-refractivity contribution in [2.75, 3.05) is 7.11 Å². The van der Waals surface area contributed by atoms with Crippen molar-refractivity contribution in [3.05, 3.63) is 42.0 Å². The lowest BCUT2D eigenvalue weighted by Crippen LogP contribution is -2.79. The Kier molecular flexibility index (Phi) is 6.62. The fourth-order valence-electron chi connectivity index (χ4n) is 2.96. The lowest BCUT2D eigenvalue weighted by atomic mass is 9.79. The molecule has 0 fully saturated rings. The van der Waals surface area contributed by atoms with E-state index in [2.05, 4.69) is 10.5 Å². The maximum Gasteiger partial charge on any atom is 0.387 e. The van der Waals surface area contributed by atoms with Crippen LogP contribution in [0.25, 0.3) is 10.8 Å². The molecular formula is C20H27NO11. The third-order valence-electron chi connectivity index (χ3n) is 5.53. The number of nitrogens with two attached hydrogens (primary N) is 1. The first kappa shape index (κ1) is 25.9. The maximum atomic E-state index is 12.9. The van der Waals surface area contributed by atoms with Gasteiger partial charge in [0.1, 0.15) is 5.75 Å². The fraction of sp³-hybridized carbons (Fsp3) is 0.450. The van der Waals surface area contributed by atoms with Gasteiger partial charge < -0.3 is 50.3 Å². The Morgan fingerprint density at radius 1 is 0.906 bits per heavy atom. The van der Waals surface area contributed by atoms with Crippen LogP contribution in [0.2, 0.25) is 0 Å². The van der Waals surface area contributed by atoms with Gasteiger partial charge in [-0.05, 0) is 41.8 Å². The van der Waals surface area contributed by atoms with E-state index in [4.69, 9.17) is 14.9 Å². The van der Waals surface area contributed by atoms with Gasteiger partial charge in [-0.3, -0.25) is 10.5 Å². The molecule has 0 aliphatic carbocycles. The van der Waals surface area contributed by atoms with E-state index in [0.717, 1.165) is 5.39 Å². The van der Waals surface area contributed by atoms with Crippen molar-refractivity contribution in [3.63, 3.8) is 0 Å². The minimum atomic E-state index is -4.66. The number of hydrogen-bond donors (Lipinski definition) is 9. The number of rotatable bonds is 8.